The zero-order chi connectivity index (χ0) is 16.5. The molecule has 0 fully saturated rings. The standard InChI is InChI=1S/C15H24N4O2S/c1-5-8-16-14(21)9-17-13(20)7-6-12-10(2)18-15(22-4)19-11(12)3/h5-9H2,1-4H3,(H,16,21)(H,17,20). The van der Waals surface area contributed by atoms with E-state index in [-0.39, 0.29) is 18.4 Å². The number of aryl methyl sites for hydroxylation is 2. The lowest BCUT2D eigenvalue weighted by Crippen LogP contribution is -2.37. The molecule has 0 atom stereocenters. The van der Waals surface area contributed by atoms with Gasteiger partial charge in [-0.1, -0.05) is 18.7 Å². The highest BCUT2D eigenvalue weighted by atomic mass is 32.2. The highest BCUT2D eigenvalue weighted by Crippen LogP contribution is 2.16. The Morgan fingerprint density at radius 3 is 2.27 bits per heavy atom. The molecule has 1 heterocycles. The summed E-state index contributed by atoms with van der Waals surface area (Å²) in [6, 6.07) is 0. The number of hydrogen-bond acceptors (Lipinski definition) is 5. The van der Waals surface area contributed by atoms with Crippen LogP contribution in [0.4, 0.5) is 0 Å². The Morgan fingerprint density at radius 1 is 1.09 bits per heavy atom. The molecular weight excluding hydrogens is 300 g/mol. The summed E-state index contributed by atoms with van der Waals surface area (Å²) in [5.74, 6) is -0.297. The molecular formula is C15H24N4O2S. The summed E-state index contributed by atoms with van der Waals surface area (Å²) >= 11 is 1.50. The quantitative estimate of drug-likeness (QED) is 0.558. The van der Waals surface area contributed by atoms with Gasteiger partial charge in [0, 0.05) is 24.4 Å². The molecule has 122 valence electrons. The molecule has 0 bridgehead atoms. The number of nitrogens with zero attached hydrogens (tertiary/aromatic N) is 2. The minimum absolute atomic E-state index is 0.0265. The van der Waals surface area contributed by atoms with Gasteiger partial charge in [0.05, 0.1) is 6.54 Å². The fraction of sp³-hybridized carbons (Fsp3) is 0.600. The average Bonchev–Trinajstić information content (AvgIpc) is 2.49. The third-order valence-electron chi connectivity index (χ3n) is 3.20. The number of amides is 2. The van der Waals surface area contributed by atoms with E-state index in [4.69, 9.17) is 0 Å². The van der Waals surface area contributed by atoms with Crippen LogP contribution in [0.15, 0.2) is 5.16 Å². The lowest BCUT2D eigenvalue weighted by molar-refractivity contribution is -0.126. The lowest BCUT2D eigenvalue weighted by atomic mass is 10.1. The van der Waals surface area contributed by atoms with Gasteiger partial charge in [0.25, 0.3) is 0 Å². The molecule has 0 saturated heterocycles. The summed E-state index contributed by atoms with van der Waals surface area (Å²) in [5, 5.41) is 6.09. The Hall–Kier alpha value is -1.63. The van der Waals surface area contributed by atoms with Gasteiger partial charge in [-0.15, -0.1) is 0 Å². The van der Waals surface area contributed by atoms with Crippen LogP contribution < -0.4 is 10.6 Å². The molecule has 0 aliphatic rings. The molecule has 0 aromatic carbocycles. The zero-order valence-electron chi connectivity index (χ0n) is 13.7. The molecule has 2 amide bonds. The Morgan fingerprint density at radius 2 is 1.73 bits per heavy atom. The first-order valence-corrected chi connectivity index (χ1v) is 8.61. The second kappa shape index (κ2) is 9.40. The summed E-state index contributed by atoms with van der Waals surface area (Å²) in [6.45, 7) is 6.50. The Labute approximate surface area is 135 Å². The number of carbonyl (C=O) groups excluding carboxylic acids is 2. The van der Waals surface area contributed by atoms with Crippen molar-refractivity contribution in [2.24, 2.45) is 0 Å². The van der Waals surface area contributed by atoms with Crippen LogP contribution in [-0.4, -0.2) is 41.1 Å². The molecule has 22 heavy (non-hydrogen) atoms. The molecule has 0 spiro atoms. The van der Waals surface area contributed by atoms with Crippen LogP contribution in [0.1, 0.15) is 36.7 Å². The first-order valence-electron chi connectivity index (χ1n) is 7.39. The molecule has 2 N–H and O–H groups in total. The van der Waals surface area contributed by atoms with Gasteiger partial charge >= 0.3 is 0 Å². The second-order valence-electron chi connectivity index (χ2n) is 4.99. The van der Waals surface area contributed by atoms with Gasteiger partial charge in [-0.25, -0.2) is 9.97 Å². The number of rotatable bonds is 8. The minimum Gasteiger partial charge on any atom is -0.355 e. The fourth-order valence-electron chi connectivity index (χ4n) is 1.99. The molecule has 1 rings (SSSR count). The summed E-state index contributed by atoms with van der Waals surface area (Å²) in [6.07, 6.45) is 3.72. The van der Waals surface area contributed by atoms with Gasteiger partial charge in [0.1, 0.15) is 0 Å². The van der Waals surface area contributed by atoms with Crippen molar-refractivity contribution in [1.29, 1.82) is 0 Å². The average molecular weight is 324 g/mol. The second-order valence-corrected chi connectivity index (χ2v) is 5.76. The van der Waals surface area contributed by atoms with Crippen molar-refractivity contribution in [2.45, 2.75) is 45.2 Å². The molecule has 6 nitrogen and oxygen atoms in total. The van der Waals surface area contributed by atoms with Gasteiger partial charge < -0.3 is 10.6 Å². The highest BCUT2D eigenvalue weighted by molar-refractivity contribution is 7.98. The van der Waals surface area contributed by atoms with Crippen LogP contribution in [0.2, 0.25) is 0 Å². The van der Waals surface area contributed by atoms with Gasteiger partial charge in [-0.05, 0) is 38.5 Å². The third kappa shape index (κ3) is 6.01. The van der Waals surface area contributed by atoms with Crippen LogP contribution in [-0.2, 0) is 16.0 Å². The SMILES string of the molecule is CCCNC(=O)CNC(=O)CCc1c(C)nc(SC)nc1C. The number of hydrogen-bond donors (Lipinski definition) is 2. The van der Waals surface area contributed by atoms with Crippen LogP contribution in [0, 0.1) is 13.8 Å². The smallest absolute Gasteiger partial charge is 0.239 e. The maximum atomic E-state index is 11.8. The molecule has 1 aromatic rings. The van der Waals surface area contributed by atoms with E-state index in [1.807, 2.05) is 27.0 Å². The molecule has 1 aromatic heterocycles. The van der Waals surface area contributed by atoms with Crippen molar-refractivity contribution in [2.75, 3.05) is 19.3 Å². The van der Waals surface area contributed by atoms with Gasteiger partial charge in [0.2, 0.25) is 11.8 Å². The van der Waals surface area contributed by atoms with Gasteiger partial charge in [0.15, 0.2) is 5.16 Å². The Balaban J connectivity index is 2.46. The first-order chi connectivity index (χ1) is 10.5. The molecule has 0 saturated carbocycles. The van der Waals surface area contributed by atoms with Crippen LogP contribution in [0.5, 0.6) is 0 Å². The van der Waals surface area contributed by atoms with Crippen molar-refractivity contribution in [1.82, 2.24) is 20.6 Å². The van der Waals surface area contributed by atoms with Crippen molar-refractivity contribution in [3.05, 3.63) is 17.0 Å². The van der Waals surface area contributed by atoms with E-state index < -0.39 is 0 Å². The third-order valence-corrected chi connectivity index (χ3v) is 3.75. The van der Waals surface area contributed by atoms with Crippen molar-refractivity contribution < 1.29 is 9.59 Å². The van der Waals surface area contributed by atoms with Crippen LogP contribution >= 0.6 is 11.8 Å². The van der Waals surface area contributed by atoms with E-state index in [2.05, 4.69) is 20.6 Å². The normalized spacial score (nSPS) is 10.4. The summed E-state index contributed by atoms with van der Waals surface area (Å²) in [7, 11) is 0. The number of aromatic nitrogens is 2. The highest BCUT2D eigenvalue weighted by Gasteiger charge is 2.11. The number of carbonyl (C=O) groups is 2. The molecule has 0 radical (unpaired) electrons. The van der Waals surface area contributed by atoms with Crippen molar-refractivity contribution in [3.63, 3.8) is 0 Å². The van der Waals surface area contributed by atoms with E-state index in [0.717, 1.165) is 28.5 Å². The van der Waals surface area contributed by atoms with Crippen LogP contribution in [0.3, 0.4) is 0 Å². The Bertz CT molecular complexity index is 511. The number of thioether (sulfide) groups is 1. The zero-order valence-corrected chi connectivity index (χ0v) is 14.5. The Kier molecular flexibility index (Phi) is 7.87. The monoisotopic (exact) mass is 324 g/mol. The predicted octanol–water partition coefficient (Wildman–Crippen LogP) is 1.39. The molecule has 0 unspecified atom stereocenters. The van der Waals surface area contributed by atoms with E-state index in [1.165, 1.54) is 11.8 Å². The van der Waals surface area contributed by atoms with E-state index in [1.54, 1.807) is 0 Å². The largest absolute Gasteiger partial charge is 0.355 e. The molecule has 0 aliphatic heterocycles. The van der Waals surface area contributed by atoms with E-state index >= 15 is 0 Å². The van der Waals surface area contributed by atoms with Gasteiger partial charge in [-0.2, -0.15) is 0 Å². The summed E-state index contributed by atoms with van der Waals surface area (Å²) in [4.78, 5) is 32.0. The fourth-order valence-corrected chi connectivity index (χ4v) is 2.45. The van der Waals surface area contributed by atoms with Crippen molar-refractivity contribution >= 4 is 23.6 Å². The van der Waals surface area contributed by atoms with Crippen molar-refractivity contribution in [3.8, 4) is 0 Å². The number of nitrogens with one attached hydrogen (secondary N) is 2. The lowest BCUT2D eigenvalue weighted by Gasteiger charge is -2.10. The summed E-state index contributed by atoms with van der Waals surface area (Å²) in [5.41, 5.74) is 2.82. The van der Waals surface area contributed by atoms with Crippen LogP contribution in [0.25, 0.3) is 0 Å². The molecule has 0 aliphatic carbocycles. The van der Waals surface area contributed by atoms with E-state index in [0.29, 0.717) is 19.4 Å². The summed E-state index contributed by atoms with van der Waals surface area (Å²) < 4.78 is 0. The predicted molar refractivity (Wildman–Crippen MR) is 87.9 cm³/mol. The minimum atomic E-state index is -0.157. The maximum Gasteiger partial charge on any atom is 0.239 e. The molecule has 7 heteroatoms. The topological polar surface area (TPSA) is 84.0 Å². The van der Waals surface area contributed by atoms with E-state index in [9.17, 15) is 9.59 Å². The maximum absolute atomic E-state index is 11.8. The first kappa shape index (κ1) is 18.4. The van der Waals surface area contributed by atoms with Gasteiger partial charge in [-0.3, -0.25) is 9.59 Å².